The molecule has 1 unspecified atom stereocenters. The molecule has 1 saturated heterocycles. The second kappa shape index (κ2) is 7.02. The Hall–Kier alpha value is -2.60. The molecule has 1 aliphatic carbocycles. The largest absolute Gasteiger partial charge is 0.491 e. The van der Waals surface area contributed by atoms with Crippen LogP contribution in [0.5, 0.6) is 5.75 Å². The van der Waals surface area contributed by atoms with Gasteiger partial charge in [-0.1, -0.05) is 13.8 Å². The summed E-state index contributed by atoms with van der Waals surface area (Å²) in [5.74, 6) is 0.358. The number of ketones is 1. The number of aromatic nitrogens is 1. The topological polar surface area (TPSA) is 83.6 Å². The summed E-state index contributed by atoms with van der Waals surface area (Å²) in [5.41, 5.74) is 10.6. The quantitative estimate of drug-likeness (QED) is 0.840. The number of amides is 1. The number of nitrogens with two attached hydrogens (primary N) is 1. The molecule has 1 aromatic carbocycles. The Morgan fingerprint density at radius 3 is 2.69 bits per heavy atom. The fourth-order valence-corrected chi connectivity index (χ4v) is 4.25. The van der Waals surface area contributed by atoms with Gasteiger partial charge in [0.25, 0.3) is 0 Å². The number of hydrogen-bond acceptors (Lipinski definition) is 4. The van der Waals surface area contributed by atoms with Gasteiger partial charge in [-0.2, -0.15) is 0 Å². The lowest BCUT2D eigenvalue weighted by atomic mass is 9.86. The van der Waals surface area contributed by atoms with Crippen molar-refractivity contribution in [1.82, 2.24) is 4.57 Å². The fraction of sp³-hybridized carbons (Fsp3) is 0.478. The predicted molar refractivity (Wildman–Crippen MR) is 110 cm³/mol. The standard InChI is InChI=1S/C23H28N2O4/c1-13-5-7-18-20(21(13)26)14(2)15(3)25(18)17-8-6-16(22(24)27)9-19(17)29-12-23(4)10-28-11-23/h6,8-9,13H,5,7,10-12H2,1-4H3,(H2,24,27). The van der Waals surface area contributed by atoms with Gasteiger partial charge in [0.2, 0.25) is 5.91 Å². The number of Topliss-reactive ketones (excluding diaryl/α,β-unsaturated/α-hetero) is 1. The lowest BCUT2D eigenvalue weighted by Gasteiger charge is -2.37. The first-order valence-corrected chi connectivity index (χ1v) is 10.1. The van der Waals surface area contributed by atoms with Crippen LogP contribution in [0.4, 0.5) is 0 Å². The van der Waals surface area contributed by atoms with Crippen LogP contribution < -0.4 is 10.5 Å². The third kappa shape index (κ3) is 3.25. The second-order valence-corrected chi connectivity index (χ2v) is 8.81. The molecule has 1 aliphatic heterocycles. The molecule has 154 valence electrons. The molecule has 1 aromatic heterocycles. The van der Waals surface area contributed by atoms with Crippen molar-refractivity contribution in [3.8, 4) is 11.4 Å². The van der Waals surface area contributed by atoms with Crippen LogP contribution in [0.1, 0.15) is 57.9 Å². The maximum Gasteiger partial charge on any atom is 0.248 e. The summed E-state index contributed by atoms with van der Waals surface area (Å²) in [6, 6.07) is 5.28. The molecule has 6 heteroatoms. The third-order valence-corrected chi connectivity index (χ3v) is 6.28. The van der Waals surface area contributed by atoms with E-state index in [4.69, 9.17) is 15.2 Å². The number of primary amides is 1. The van der Waals surface area contributed by atoms with Gasteiger partial charge in [0.1, 0.15) is 5.75 Å². The Labute approximate surface area is 171 Å². The van der Waals surface area contributed by atoms with Gasteiger partial charge >= 0.3 is 0 Å². The molecule has 29 heavy (non-hydrogen) atoms. The summed E-state index contributed by atoms with van der Waals surface area (Å²) in [7, 11) is 0. The zero-order valence-corrected chi connectivity index (χ0v) is 17.5. The number of carbonyl (C=O) groups is 2. The van der Waals surface area contributed by atoms with Crippen LogP contribution in [0.15, 0.2) is 18.2 Å². The van der Waals surface area contributed by atoms with Gasteiger partial charge in [-0.15, -0.1) is 0 Å². The average Bonchev–Trinajstić information content (AvgIpc) is 2.92. The highest BCUT2D eigenvalue weighted by Crippen LogP contribution is 2.37. The lowest BCUT2D eigenvalue weighted by Crippen LogP contribution is -2.44. The van der Waals surface area contributed by atoms with E-state index in [1.165, 1.54) is 0 Å². The molecule has 0 radical (unpaired) electrons. The molecule has 2 aliphatic rings. The molecule has 4 rings (SSSR count). The minimum absolute atomic E-state index is 0.0352. The van der Waals surface area contributed by atoms with E-state index in [1.807, 2.05) is 26.8 Å². The molecule has 0 saturated carbocycles. The van der Waals surface area contributed by atoms with Crippen LogP contribution in [0.3, 0.4) is 0 Å². The van der Waals surface area contributed by atoms with Crippen molar-refractivity contribution in [2.75, 3.05) is 19.8 Å². The molecule has 2 aromatic rings. The number of hydrogen-bond donors (Lipinski definition) is 1. The summed E-state index contributed by atoms with van der Waals surface area (Å²) in [4.78, 5) is 24.6. The Kier molecular flexibility index (Phi) is 4.77. The van der Waals surface area contributed by atoms with Gasteiger partial charge in [0.15, 0.2) is 5.78 Å². The van der Waals surface area contributed by atoms with E-state index in [-0.39, 0.29) is 17.1 Å². The molecule has 2 N–H and O–H groups in total. The minimum Gasteiger partial charge on any atom is -0.491 e. The van der Waals surface area contributed by atoms with E-state index in [1.54, 1.807) is 12.1 Å². The van der Waals surface area contributed by atoms with Crippen molar-refractivity contribution < 1.29 is 19.1 Å². The zero-order valence-electron chi connectivity index (χ0n) is 17.5. The van der Waals surface area contributed by atoms with Crippen molar-refractivity contribution in [2.45, 2.75) is 40.5 Å². The van der Waals surface area contributed by atoms with Crippen LogP contribution in [-0.4, -0.2) is 36.1 Å². The van der Waals surface area contributed by atoms with Gasteiger partial charge in [-0.3, -0.25) is 9.59 Å². The smallest absolute Gasteiger partial charge is 0.248 e. The molecule has 6 nitrogen and oxygen atoms in total. The Morgan fingerprint density at radius 2 is 2.07 bits per heavy atom. The normalized spacial score (nSPS) is 20.1. The zero-order chi connectivity index (χ0) is 20.9. The number of rotatable bonds is 5. The van der Waals surface area contributed by atoms with E-state index in [2.05, 4.69) is 11.5 Å². The Balaban J connectivity index is 1.82. The van der Waals surface area contributed by atoms with Gasteiger partial charge in [-0.05, 0) is 50.5 Å². The fourth-order valence-electron chi connectivity index (χ4n) is 4.25. The van der Waals surface area contributed by atoms with Crippen molar-refractivity contribution in [3.63, 3.8) is 0 Å². The lowest BCUT2D eigenvalue weighted by molar-refractivity contribution is -0.120. The van der Waals surface area contributed by atoms with Crippen LogP contribution in [0.2, 0.25) is 0 Å². The van der Waals surface area contributed by atoms with E-state index >= 15 is 0 Å². The first kappa shape index (κ1) is 19.7. The average molecular weight is 396 g/mol. The second-order valence-electron chi connectivity index (χ2n) is 8.81. The van der Waals surface area contributed by atoms with Gasteiger partial charge in [0, 0.05) is 33.8 Å². The summed E-state index contributed by atoms with van der Waals surface area (Å²) in [6.07, 6.45) is 1.67. The van der Waals surface area contributed by atoms with Gasteiger partial charge in [-0.25, -0.2) is 0 Å². The van der Waals surface area contributed by atoms with Crippen LogP contribution in [-0.2, 0) is 11.2 Å². The van der Waals surface area contributed by atoms with Crippen molar-refractivity contribution in [2.24, 2.45) is 17.1 Å². The van der Waals surface area contributed by atoms with Crippen molar-refractivity contribution >= 4 is 11.7 Å². The first-order chi connectivity index (χ1) is 13.7. The summed E-state index contributed by atoms with van der Waals surface area (Å²) in [6.45, 7) is 9.93. The number of fused-ring (bicyclic) bond motifs is 1. The number of nitrogens with zero attached hydrogens (tertiary/aromatic N) is 1. The maximum atomic E-state index is 12.8. The summed E-state index contributed by atoms with van der Waals surface area (Å²) in [5, 5.41) is 0. The third-order valence-electron chi connectivity index (χ3n) is 6.28. The van der Waals surface area contributed by atoms with Crippen LogP contribution >= 0.6 is 0 Å². The van der Waals surface area contributed by atoms with Crippen molar-refractivity contribution in [3.05, 3.63) is 46.3 Å². The number of carbonyl (C=O) groups excluding carboxylic acids is 2. The minimum atomic E-state index is -0.494. The Bertz CT molecular complexity index is 1000. The van der Waals surface area contributed by atoms with E-state index in [0.717, 1.165) is 41.0 Å². The molecule has 1 atom stereocenters. The first-order valence-electron chi connectivity index (χ1n) is 10.1. The summed E-state index contributed by atoms with van der Waals surface area (Å²) < 4.78 is 13.6. The highest BCUT2D eigenvalue weighted by molar-refractivity contribution is 6.01. The SMILES string of the molecule is Cc1c2c(n(-c3ccc(C(N)=O)cc3OCC3(C)COC3)c1C)CCC(C)C2=O. The van der Waals surface area contributed by atoms with Crippen molar-refractivity contribution in [1.29, 1.82) is 0 Å². The molecule has 1 amide bonds. The van der Waals surface area contributed by atoms with E-state index < -0.39 is 5.91 Å². The van der Waals surface area contributed by atoms with Gasteiger partial charge < -0.3 is 19.8 Å². The van der Waals surface area contributed by atoms with Crippen LogP contribution in [0, 0.1) is 25.2 Å². The number of ether oxygens (including phenoxy) is 2. The Morgan fingerprint density at radius 1 is 1.34 bits per heavy atom. The molecular formula is C23H28N2O4. The molecule has 1 fully saturated rings. The van der Waals surface area contributed by atoms with E-state index in [9.17, 15) is 9.59 Å². The summed E-state index contributed by atoms with van der Waals surface area (Å²) >= 11 is 0. The molecule has 0 spiro atoms. The highest BCUT2D eigenvalue weighted by Gasteiger charge is 2.35. The molecular weight excluding hydrogens is 368 g/mol. The number of benzene rings is 1. The van der Waals surface area contributed by atoms with Crippen LogP contribution in [0.25, 0.3) is 5.69 Å². The molecule has 0 bridgehead atoms. The maximum absolute atomic E-state index is 12.8. The highest BCUT2D eigenvalue weighted by atomic mass is 16.5. The van der Waals surface area contributed by atoms with E-state index in [0.29, 0.717) is 31.1 Å². The molecule has 2 heterocycles. The van der Waals surface area contributed by atoms with Gasteiger partial charge in [0.05, 0.1) is 25.5 Å². The predicted octanol–water partition coefficient (Wildman–Crippen LogP) is 3.37. The monoisotopic (exact) mass is 396 g/mol.